The van der Waals surface area contributed by atoms with Gasteiger partial charge in [-0.05, 0) is 42.2 Å². The highest BCUT2D eigenvalue weighted by molar-refractivity contribution is 7.99. The Balaban J connectivity index is 1.73. The number of carboxylic acid groups (broad SMARTS) is 1. The van der Waals surface area contributed by atoms with E-state index < -0.39 is 5.97 Å². The van der Waals surface area contributed by atoms with Crippen LogP contribution < -0.4 is 0 Å². The van der Waals surface area contributed by atoms with Crippen LogP contribution in [0.3, 0.4) is 0 Å². The molecule has 5 nitrogen and oxygen atoms in total. The lowest BCUT2D eigenvalue weighted by Crippen LogP contribution is -2.22. The molecule has 0 aliphatic rings. The Kier molecular flexibility index (Phi) is 10.3. The van der Waals surface area contributed by atoms with E-state index in [-0.39, 0.29) is 11.2 Å². The number of carbonyl (C=O) groups excluding carboxylic acids is 1. The van der Waals surface area contributed by atoms with Crippen molar-refractivity contribution in [3.05, 3.63) is 80.8 Å². The summed E-state index contributed by atoms with van der Waals surface area (Å²) in [6.45, 7) is 0. The Morgan fingerprint density at radius 2 is 1.97 bits per heavy atom. The van der Waals surface area contributed by atoms with E-state index in [2.05, 4.69) is 29.2 Å². The molecule has 3 aromatic rings. The van der Waals surface area contributed by atoms with Gasteiger partial charge in [-0.2, -0.15) is 11.8 Å². The Labute approximate surface area is 217 Å². The van der Waals surface area contributed by atoms with Crippen LogP contribution in [0.15, 0.2) is 58.8 Å². The minimum absolute atomic E-state index is 0.105. The van der Waals surface area contributed by atoms with E-state index >= 15 is 0 Å². The fraction of sp³-hybridized carbons (Fsp3) is 0.320. The maximum absolute atomic E-state index is 12.1. The zero-order valence-electron chi connectivity index (χ0n) is 19.1. The number of hydrogen-bond donors (Lipinski definition) is 1. The van der Waals surface area contributed by atoms with Gasteiger partial charge in [-0.1, -0.05) is 41.9 Å². The second kappa shape index (κ2) is 13.2. The van der Waals surface area contributed by atoms with Crippen LogP contribution in [0.2, 0.25) is 5.15 Å². The molecule has 0 saturated heterocycles. The number of carbonyl (C=O) groups is 2. The van der Waals surface area contributed by atoms with Crippen molar-refractivity contribution in [3.8, 4) is 0 Å². The first-order chi connectivity index (χ1) is 16.3. The van der Waals surface area contributed by atoms with Gasteiger partial charge < -0.3 is 10.0 Å². The molecule has 34 heavy (non-hydrogen) atoms. The first kappa shape index (κ1) is 26.6. The molecule has 1 aromatic heterocycles. The van der Waals surface area contributed by atoms with Crippen molar-refractivity contribution in [2.45, 2.75) is 35.2 Å². The third kappa shape index (κ3) is 8.05. The summed E-state index contributed by atoms with van der Waals surface area (Å²) in [6.07, 6.45) is 1.90. The Bertz CT molecular complexity index is 1120. The van der Waals surface area contributed by atoms with Crippen LogP contribution in [-0.2, 0) is 17.0 Å². The molecule has 0 fully saturated rings. The maximum atomic E-state index is 12.1. The highest BCUT2D eigenvalue weighted by Gasteiger charge is 2.17. The zero-order valence-corrected chi connectivity index (χ0v) is 22.3. The average Bonchev–Trinajstić information content (AvgIpc) is 3.25. The number of aromatic nitrogens is 1. The third-order valence-corrected chi connectivity index (χ3v) is 8.88. The Morgan fingerprint density at radius 1 is 1.18 bits per heavy atom. The summed E-state index contributed by atoms with van der Waals surface area (Å²) in [4.78, 5) is 30.8. The summed E-state index contributed by atoms with van der Waals surface area (Å²) in [7, 11) is 3.54. The van der Waals surface area contributed by atoms with E-state index in [0.717, 1.165) is 27.6 Å². The Hall–Kier alpha value is -2.00. The van der Waals surface area contributed by atoms with Gasteiger partial charge in [0.05, 0.1) is 11.3 Å². The number of aromatic carboxylic acids is 1. The SMILES string of the molecule is CN(C)C(=O)CCSC(CCc1ccccc1C(=O)O)c1cccc(SCc2nc(Cl)cs2)c1. The van der Waals surface area contributed by atoms with Crippen molar-refractivity contribution >= 4 is 58.3 Å². The van der Waals surface area contributed by atoms with Crippen LogP contribution in [0, 0.1) is 0 Å². The van der Waals surface area contributed by atoms with Crippen LogP contribution in [0.25, 0.3) is 0 Å². The van der Waals surface area contributed by atoms with Gasteiger partial charge in [0.1, 0.15) is 10.2 Å². The highest BCUT2D eigenvalue weighted by Crippen LogP contribution is 2.36. The number of hydrogen-bond acceptors (Lipinski definition) is 6. The van der Waals surface area contributed by atoms with Crippen LogP contribution in [0.5, 0.6) is 0 Å². The summed E-state index contributed by atoms with van der Waals surface area (Å²) in [5.41, 5.74) is 2.36. The standard InChI is InChI=1S/C25H27ClN2O3S3/c1-28(2)24(29)12-13-32-21(11-10-17-6-3-4-9-20(17)25(30)31)18-7-5-8-19(14-18)33-16-23-27-22(26)15-34-23/h3-9,14-15,21H,10-13,16H2,1-2H3,(H,30,31). The molecule has 1 atom stereocenters. The molecule has 9 heteroatoms. The van der Waals surface area contributed by atoms with Crippen LogP contribution >= 0.6 is 46.5 Å². The number of thioether (sulfide) groups is 2. The van der Waals surface area contributed by atoms with Gasteiger partial charge in [0.15, 0.2) is 0 Å². The zero-order chi connectivity index (χ0) is 24.5. The molecule has 0 radical (unpaired) electrons. The number of rotatable bonds is 12. The molecule has 0 saturated carbocycles. The molecule has 0 aliphatic heterocycles. The molecule has 1 heterocycles. The van der Waals surface area contributed by atoms with Crippen molar-refractivity contribution in [1.29, 1.82) is 0 Å². The van der Waals surface area contributed by atoms with Crippen molar-refractivity contribution in [3.63, 3.8) is 0 Å². The first-order valence-electron chi connectivity index (χ1n) is 10.8. The molecular formula is C25H27ClN2O3S3. The lowest BCUT2D eigenvalue weighted by molar-refractivity contribution is -0.128. The van der Waals surface area contributed by atoms with E-state index in [1.54, 1.807) is 66.0 Å². The quantitative estimate of drug-likeness (QED) is 0.261. The van der Waals surface area contributed by atoms with Crippen LogP contribution in [-0.4, -0.2) is 46.7 Å². The summed E-state index contributed by atoms with van der Waals surface area (Å²) >= 11 is 11.0. The molecule has 1 amide bonds. The van der Waals surface area contributed by atoms with Gasteiger partial charge in [-0.25, -0.2) is 9.78 Å². The van der Waals surface area contributed by atoms with E-state index in [4.69, 9.17) is 11.6 Å². The number of amides is 1. The maximum Gasteiger partial charge on any atom is 0.335 e. The minimum Gasteiger partial charge on any atom is -0.478 e. The fourth-order valence-corrected chi connectivity index (χ4v) is 6.52. The minimum atomic E-state index is -0.905. The smallest absolute Gasteiger partial charge is 0.335 e. The number of aryl methyl sites for hydroxylation is 1. The van der Waals surface area contributed by atoms with E-state index in [0.29, 0.717) is 29.3 Å². The molecule has 0 spiro atoms. The van der Waals surface area contributed by atoms with Gasteiger partial charge >= 0.3 is 5.97 Å². The third-order valence-electron chi connectivity index (χ3n) is 5.17. The monoisotopic (exact) mass is 534 g/mol. The van der Waals surface area contributed by atoms with Crippen molar-refractivity contribution in [2.24, 2.45) is 0 Å². The van der Waals surface area contributed by atoms with Crippen molar-refractivity contribution < 1.29 is 14.7 Å². The second-order valence-electron chi connectivity index (χ2n) is 7.82. The van der Waals surface area contributed by atoms with Gasteiger partial charge in [-0.15, -0.1) is 23.1 Å². The van der Waals surface area contributed by atoms with Crippen LogP contribution in [0.1, 0.15) is 44.6 Å². The summed E-state index contributed by atoms with van der Waals surface area (Å²) < 4.78 is 0. The molecule has 0 aliphatic carbocycles. The van der Waals surface area contributed by atoms with E-state index in [1.165, 1.54) is 5.56 Å². The fourth-order valence-electron chi connectivity index (χ4n) is 3.40. The number of halogens is 1. The predicted molar refractivity (Wildman–Crippen MR) is 143 cm³/mol. The lowest BCUT2D eigenvalue weighted by Gasteiger charge is -2.19. The van der Waals surface area contributed by atoms with Gasteiger partial charge in [0, 0.05) is 41.8 Å². The van der Waals surface area contributed by atoms with Gasteiger partial charge in [0.2, 0.25) is 5.91 Å². The molecule has 180 valence electrons. The van der Waals surface area contributed by atoms with Crippen molar-refractivity contribution in [2.75, 3.05) is 19.8 Å². The van der Waals surface area contributed by atoms with E-state index in [1.807, 2.05) is 17.5 Å². The molecule has 1 unspecified atom stereocenters. The summed E-state index contributed by atoms with van der Waals surface area (Å²) in [5.74, 6) is 0.658. The Morgan fingerprint density at radius 3 is 2.68 bits per heavy atom. The molecule has 1 N–H and O–H groups in total. The topological polar surface area (TPSA) is 70.5 Å². The predicted octanol–water partition coefficient (Wildman–Crippen LogP) is 6.67. The number of carboxylic acids is 1. The van der Waals surface area contributed by atoms with Crippen LogP contribution in [0.4, 0.5) is 0 Å². The second-order valence-corrected chi connectivity index (χ2v) is 11.5. The summed E-state index contributed by atoms with van der Waals surface area (Å²) in [6, 6.07) is 15.6. The van der Waals surface area contributed by atoms with Gasteiger partial charge in [-0.3, -0.25) is 4.79 Å². The van der Waals surface area contributed by atoms with E-state index in [9.17, 15) is 14.7 Å². The highest BCUT2D eigenvalue weighted by atomic mass is 35.5. The molecular weight excluding hydrogens is 508 g/mol. The molecule has 2 aromatic carbocycles. The average molecular weight is 535 g/mol. The number of thiazole rings is 1. The number of benzene rings is 2. The molecule has 0 bridgehead atoms. The summed E-state index contributed by atoms with van der Waals surface area (Å²) in [5, 5.41) is 13.0. The largest absolute Gasteiger partial charge is 0.478 e. The number of nitrogens with zero attached hydrogens (tertiary/aromatic N) is 2. The lowest BCUT2D eigenvalue weighted by atomic mass is 9.99. The van der Waals surface area contributed by atoms with Crippen molar-refractivity contribution in [1.82, 2.24) is 9.88 Å². The normalized spacial score (nSPS) is 11.9. The first-order valence-corrected chi connectivity index (χ1v) is 14.1. The molecule has 3 rings (SSSR count). The van der Waals surface area contributed by atoms with Gasteiger partial charge in [0.25, 0.3) is 0 Å².